The van der Waals surface area contributed by atoms with E-state index in [0.29, 0.717) is 6.42 Å². The molecule has 0 aromatic heterocycles. The molecule has 3 rings (SSSR count). The Morgan fingerprint density at radius 1 is 0.800 bits per heavy atom. The Balaban J connectivity index is 2.24. The summed E-state index contributed by atoms with van der Waals surface area (Å²) in [5.41, 5.74) is 9.08. The van der Waals surface area contributed by atoms with E-state index in [9.17, 15) is 0 Å². The second-order valence-electron chi connectivity index (χ2n) is 4.89. The maximum Gasteiger partial charge on any atom is 0.0950 e. The first-order valence-corrected chi connectivity index (χ1v) is 6.64. The van der Waals surface area contributed by atoms with E-state index in [1.165, 1.54) is 21.9 Å². The van der Waals surface area contributed by atoms with Crippen LogP contribution in [0.15, 0.2) is 66.7 Å². The summed E-state index contributed by atoms with van der Waals surface area (Å²) in [4.78, 5) is 0. The van der Waals surface area contributed by atoms with Crippen molar-refractivity contribution < 1.29 is 0 Å². The Labute approximate surface area is 118 Å². The van der Waals surface area contributed by atoms with Crippen LogP contribution in [0.3, 0.4) is 0 Å². The molecule has 3 aromatic rings. The molecule has 0 atom stereocenters. The molecule has 98 valence electrons. The number of hydrogen-bond donors (Lipinski definition) is 2. The standard InChI is InChI=1S/C18H16N2/c19-18(20)12-14-10-11-16(13-6-2-1-3-7-13)17-9-5-4-8-15(14)17/h1-11H,12H2,(H3,19,20). The van der Waals surface area contributed by atoms with E-state index in [1.54, 1.807) is 0 Å². The number of fused-ring (bicyclic) bond motifs is 1. The molecule has 0 aliphatic rings. The molecule has 0 aliphatic heterocycles. The number of rotatable bonds is 3. The first-order chi connectivity index (χ1) is 9.75. The van der Waals surface area contributed by atoms with Gasteiger partial charge in [-0.25, -0.2) is 0 Å². The lowest BCUT2D eigenvalue weighted by Gasteiger charge is -2.11. The summed E-state index contributed by atoms with van der Waals surface area (Å²) in [6, 6.07) is 22.9. The largest absolute Gasteiger partial charge is 0.387 e. The van der Waals surface area contributed by atoms with E-state index in [-0.39, 0.29) is 5.84 Å². The van der Waals surface area contributed by atoms with Crippen LogP contribution in [0.4, 0.5) is 0 Å². The maximum absolute atomic E-state index is 7.50. The van der Waals surface area contributed by atoms with Gasteiger partial charge in [0.25, 0.3) is 0 Å². The Morgan fingerprint density at radius 2 is 1.45 bits per heavy atom. The molecule has 2 nitrogen and oxygen atoms in total. The van der Waals surface area contributed by atoms with Gasteiger partial charge in [0.05, 0.1) is 5.84 Å². The van der Waals surface area contributed by atoms with Crippen LogP contribution in [0, 0.1) is 5.41 Å². The summed E-state index contributed by atoms with van der Waals surface area (Å²) >= 11 is 0. The molecule has 0 fully saturated rings. The normalized spacial score (nSPS) is 10.6. The van der Waals surface area contributed by atoms with Crippen LogP contribution >= 0.6 is 0 Å². The van der Waals surface area contributed by atoms with Crippen LogP contribution < -0.4 is 5.73 Å². The number of hydrogen-bond acceptors (Lipinski definition) is 1. The van der Waals surface area contributed by atoms with Gasteiger partial charge in [-0.1, -0.05) is 66.7 Å². The van der Waals surface area contributed by atoms with Gasteiger partial charge in [0, 0.05) is 6.42 Å². The number of amidine groups is 1. The van der Waals surface area contributed by atoms with Crippen LogP contribution in [0.5, 0.6) is 0 Å². The quantitative estimate of drug-likeness (QED) is 0.543. The van der Waals surface area contributed by atoms with Gasteiger partial charge in [-0.05, 0) is 27.5 Å². The molecule has 2 heteroatoms. The summed E-state index contributed by atoms with van der Waals surface area (Å²) in [7, 11) is 0. The van der Waals surface area contributed by atoms with Gasteiger partial charge in [0.2, 0.25) is 0 Å². The fourth-order valence-corrected chi connectivity index (χ4v) is 2.59. The lowest BCUT2D eigenvalue weighted by atomic mass is 9.94. The summed E-state index contributed by atoms with van der Waals surface area (Å²) < 4.78 is 0. The van der Waals surface area contributed by atoms with Gasteiger partial charge in [-0.15, -0.1) is 0 Å². The van der Waals surface area contributed by atoms with Crippen molar-refractivity contribution in [1.29, 1.82) is 5.41 Å². The fourth-order valence-electron chi connectivity index (χ4n) is 2.59. The average Bonchev–Trinajstić information content (AvgIpc) is 2.48. The molecule has 0 heterocycles. The molecule has 0 unspecified atom stereocenters. The molecule has 20 heavy (non-hydrogen) atoms. The molecule has 0 spiro atoms. The topological polar surface area (TPSA) is 49.9 Å². The number of benzene rings is 3. The van der Waals surface area contributed by atoms with Crippen LogP contribution in [-0.2, 0) is 6.42 Å². The van der Waals surface area contributed by atoms with E-state index in [1.807, 2.05) is 30.3 Å². The van der Waals surface area contributed by atoms with Gasteiger partial charge >= 0.3 is 0 Å². The zero-order valence-corrected chi connectivity index (χ0v) is 11.1. The highest BCUT2D eigenvalue weighted by molar-refractivity contribution is 6.00. The van der Waals surface area contributed by atoms with E-state index in [0.717, 1.165) is 5.56 Å². The third-order valence-corrected chi connectivity index (χ3v) is 3.48. The van der Waals surface area contributed by atoms with E-state index in [2.05, 4.69) is 36.4 Å². The lowest BCUT2D eigenvalue weighted by molar-refractivity contribution is 1.27. The van der Waals surface area contributed by atoms with Gasteiger partial charge < -0.3 is 5.73 Å². The van der Waals surface area contributed by atoms with Gasteiger partial charge in [-0.3, -0.25) is 5.41 Å². The van der Waals surface area contributed by atoms with Crippen LogP contribution in [0.25, 0.3) is 21.9 Å². The van der Waals surface area contributed by atoms with Crippen molar-refractivity contribution in [2.45, 2.75) is 6.42 Å². The fraction of sp³-hybridized carbons (Fsp3) is 0.0556. The maximum atomic E-state index is 7.50. The predicted molar refractivity (Wildman–Crippen MR) is 85.0 cm³/mol. The molecule has 0 bridgehead atoms. The van der Waals surface area contributed by atoms with Gasteiger partial charge in [0.15, 0.2) is 0 Å². The van der Waals surface area contributed by atoms with Gasteiger partial charge in [-0.2, -0.15) is 0 Å². The van der Waals surface area contributed by atoms with Crippen LogP contribution in [0.1, 0.15) is 5.56 Å². The monoisotopic (exact) mass is 260 g/mol. The molecular weight excluding hydrogens is 244 g/mol. The molecule has 3 aromatic carbocycles. The Kier molecular flexibility index (Phi) is 3.21. The first kappa shape index (κ1) is 12.4. The third kappa shape index (κ3) is 2.28. The van der Waals surface area contributed by atoms with Crippen molar-refractivity contribution in [3.63, 3.8) is 0 Å². The Morgan fingerprint density at radius 3 is 2.15 bits per heavy atom. The molecule has 0 saturated carbocycles. The highest BCUT2D eigenvalue weighted by Crippen LogP contribution is 2.30. The van der Waals surface area contributed by atoms with Crippen LogP contribution in [-0.4, -0.2) is 5.84 Å². The van der Waals surface area contributed by atoms with Crippen molar-refractivity contribution >= 4 is 16.6 Å². The van der Waals surface area contributed by atoms with Gasteiger partial charge in [0.1, 0.15) is 0 Å². The van der Waals surface area contributed by atoms with Crippen molar-refractivity contribution in [3.05, 3.63) is 72.3 Å². The first-order valence-electron chi connectivity index (χ1n) is 6.64. The second-order valence-corrected chi connectivity index (χ2v) is 4.89. The van der Waals surface area contributed by atoms with Crippen molar-refractivity contribution in [3.8, 4) is 11.1 Å². The van der Waals surface area contributed by atoms with Crippen LogP contribution in [0.2, 0.25) is 0 Å². The Bertz CT molecular complexity index is 761. The Hall–Kier alpha value is -2.61. The minimum absolute atomic E-state index is 0.197. The van der Waals surface area contributed by atoms with Crippen molar-refractivity contribution in [2.75, 3.05) is 0 Å². The summed E-state index contributed by atoms with van der Waals surface area (Å²) in [6.07, 6.45) is 0.496. The smallest absolute Gasteiger partial charge is 0.0950 e. The number of nitrogens with one attached hydrogen (secondary N) is 1. The second kappa shape index (κ2) is 5.17. The molecule has 0 saturated heterocycles. The molecule has 0 amide bonds. The minimum atomic E-state index is 0.197. The zero-order chi connectivity index (χ0) is 13.9. The highest BCUT2D eigenvalue weighted by atomic mass is 14.7. The molecule has 0 aliphatic carbocycles. The lowest BCUT2D eigenvalue weighted by Crippen LogP contribution is -2.12. The summed E-state index contributed by atoms with van der Waals surface area (Å²) in [5, 5.41) is 9.88. The number of nitrogens with two attached hydrogens (primary N) is 1. The SMILES string of the molecule is N=C(N)Cc1ccc(-c2ccccc2)c2ccccc12. The van der Waals surface area contributed by atoms with E-state index in [4.69, 9.17) is 11.1 Å². The van der Waals surface area contributed by atoms with E-state index < -0.39 is 0 Å². The zero-order valence-electron chi connectivity index (χ0n) is 11.1. The summed E-state index contributed by atoms with van der Waals surface area (Å²) in [6.45, 7) is 0. The third-order valence-electron chi connectivity index (χ3n) is 3.48. The average molecular weight is 260 g/mol. The molecular formula is C18H16N2. The molecule has 3 N–H and O–H groups in total. The highest BCUT2D eigenvalue weighted by Gasteiger charge is 2.07. The summed E-state index contributed by atoms with van der Waals surface area (Å²) in [5.74, 6) is 0.197. The predicted octanol–water partition coefficient (Wildman–Crippen LogP) is 3.99. The van der Waals surface area contributed by atoms with E-state index >= 15 is 0 Å². The van der Waals surface area contributed by atoms with Crippen molar-refractivity contribution in [2.24, 2.45) is 5.73 Å². The minimum Gasteiger partial charge on any atom is -0.387 e. The van der Waals surface area contributed by atoms with Crippen molar-refractivity contribution in [1.82, 2.24) is 0 Å². The molecule has 0 radical (unpaired) electrons.